The minimum absolute atomic E-state index is 0.222. The molecule has 0 amide bonds. The van der Waals surface area contributed by atoms with Gasteiger partial charge in [-0.25, -0.2) is 12.8 Å². The van der Waals surface area contributed by atoms with Crippen molar-refractivity contribution in [1.29, 1.82) is 0 Å². The van der Waals surface area contributed by atoms with Crippen molar-refractivity contribution in [2.75, 3.05) is 18.8 Å². The van der Waals surface area contributed by atoms with E-state index in [2.05, 4.69) is 0 Å². The molecule has 1 aliphatic rings. The van der Waals surface area contributed by atoms with Crippen molar-refractivity contribution >= 4 is 15.7 Å². The first-order valence-corrected chi connectivity index (χ1v) is 7.01. The molecular weight excluding hydrogens is 243 g/mol. The van der Waals surface area contributed by atoms with Gasteiger partial charge in [0.1, 0.15) is 10.7 Å². The molecule has 1 fully saturated rings. The van der Waals surface area contributed by atoms with Crippen LogP contribution in [0.3, 0.4) is 0 Å². The maximum Gasteiger partial charge on any atom is 0.245 e. The van der Waals surface area contributed by atoms with Crippen LogP contribution in [0, 0.1) is 5.82 Å². The van der Waals surface area contributed by atoms with E-state index >= 15 is 0 Å². The van der Waals surface area contributed by atoms with Crippen molar-refractivity contribution in [3.8, 4) is 0 Å². The zero-order chi connectivity index (χ0) is 12.5. The number of anilines is 1. The molecule has 4 nitrogen and oxygen atoms in total. The van der Waals surface area contributed by atoms with Crippen LogP contribution in [0.15, 0.2) is 23.1 Å². The molecule has 0 unspecified atom stereocenters. The number of hydrogen-bond acceptors (Lipinski definition) is 3. The molecule has 6 heteroatoms. The van der Waals surface area contributed by atoms with Gasteiger partial charge in [0.25, 0.3) is 0 Å². The van der Waals surface area contributed by atoms with Gasteiger partial charge in [-0.2, -0.15) is 4.31 Å². The largest absolute Gasteiger partial charge is 0.399 e. The standard InChI is InChI=1S/C11H15FN2O2S/c12-10-8-9(13)4-5-11(10)17(15,16)14-6-2-1-3-7-14/h4-5,8H,1-3,6-7,13H2. The van der Waals surface area contributed by atoms with Gasteiger partial charge >= 0.3 is 0 Å². The first kappa shape index (κ1) is 12.3. The molecule has 0 aromatic heterocycles. The molecule has 0 bridgehead atoms. The van der Waals surface area contributed by atoms with E-state index in [1.54, 1.807) is 0 Å². The maximum atomic E-state index is 13.6. The van der Waals surface area contributed by atoms with E-state index in [0.29, 0.717) is 13.1 Å². The number of sulfonamides is 1. The van der Waals surface area contributed by atoms with Crippen LogP contribution < -0.4 is 5.73 Å². The summed E-state index contributed by atoms with van der Waals surface area (Å²) in [6, 6.07) is 3.67. The summed E-state index contributed by atoms with van der Waals surface area (Å²) in [7, 11) is -3.71. The van der Waals surface area contributed by atoms with E-state index < -0.39 is 15.8 Å². The van der Waals surface area contributed by atoms with Crippen LogP contribution in [0.2, 0.25) is 0 Å². The van der Waals surface area contributed by atoms with E-state index in [1.165, 1.54) is 16.4 Å². The Morgan fingerprint density at radius 1 is 1.18 bits per heavy atom. The Bertz CT molecular complexity index is 510. The van der Waals surface area contributed by atoms with E-state index in [-0.39, 0.29) is 10.6 Å². The lowest BCUT2D eigenvalue weighted by molar-refractivity contribution is 0.345. The molecule has 1 aliphatic heterocycles. The molecule has 1 saturated heterocycles. The predicted molar refractivity (Wildman–Crippen MR) is 63.4 cm³/mol. The molecule has 1 aromatic rings. The van der Waals surface area contributed by atoms with Gasteiger partial charge in [0.05, 0.1) is 0 Å². The Kier molecular flexibility index (Phi) is 3.35. The summed E-state index contributed by atoms with van der Waals surface area (Å²) in [5.74, 6) is -0.782. The number of halogens is 1. The zero-order valence-corrected chi connectivity index (χ0v) is 10.2. The SMILES string of the molecule is Nc1ccc(S(=O)(=O)N2CCCCC2)c(F)c1. The minimum atomic E-state index is -3.71. The van der Waals surface area contributed by atoms with Crippen molar-refractivity contribution in [3.05, 3.63) is 24.0 Å². The molecule has 0 aliphatic carbocycles. The Morgan fingerprint density at radius 3 is 2.41 bits per heavy atom. The van der Waals surface area contributed by atoms with Gasteiger partial charge in [-0.1, -0.05) is 6.42 Å². The van der Waals surface area contributed by atoms with Crippen molar-refractivity contribution in [1.82, 2.24) is 4.31 Å². The molecule has 94 valence electrons. The van der Waals surface area contributed by atoms with Gasteiger partial charge in [0.15, 0.2) is 0 Å². The van der Waals surface area contributed by atoms with E-state index in [0.717, 1.165) is 25.3 Å². The second-order valence-corrected chi connectivity index (χ2v) is 6.06. The normalized spacial score (nSPS) is 18.2. The molecule has 2 rings (SSSR count). The highest BCUT2D eigenvalue weighted by atomic mass is 32.2. The van der Waals surface area contributed by atoms with Gasteiger partial charge < -0.3 is 5.73 Å². The number of nitrogens with two attached hydrogens (primary N) is 1. The molecule has 2 N–H and O–H groups in total. The molecule has 1 heterocycles. The summed E-state index contributed by atoms with van der Waals surface area (Å²) >= 11 is 0. The van der Waals surface area contributed by atoms with Gasteiger partial charge in [0, 0.05) is 18.8 Å². The molecule has 0 spiro atoms. The van der Waals surface area contributed by atoms with Gasteiger partial charge in [0.2, 0.25) is 10.0 Å². The monoisotopic (exact) mass is 258 g/mol. The number of nitrogen functional groups attached to an aromatic ring is 1. The molecule has 0 radical (unpaired) electrons. The number of rotatable bonds is 2. The Morgan fingerprint density at radius 2 is 1.82 bits per heavy atom. The van der Waals surface area contributed by atoms with Crippen LogP contribution in [0.25, 0.3) is 0 Å². The summed E-state index contributed by atoms with van der Waals surface area (Å²) < 4.78 is 39.3. The minimum Gasteiger partial charge on any atom is -0.399 e. The summed E-state index contributed by atoms with van der Waals surface area (Å²) in [5.41, 5.74) is 5.62. The predicted octanol–water partition coefficient (Wildman–Crippen LogP) is 1.58. The Hall–Kier alpha value is -1.14. The van der Waals surface area contributed by atoms with E-state index in [9.17, 15) is 12.8 Å². The fraction of sp³-hybridized carbons (Fsp3) is 0.455. The number of nitrogens with zero attached hydrogens (tertiary/aromatic N) is 1. The highest BCUT2D eigenvalue weighted by Crippen LogP contribution is 2.23. The molecule has 0 saturated carbocycles. The van der Waals surface area contributed by atoms with E-state index in [4.69, 9.17) is 5.73 Å². The number of hydrogen-bond donors (Lipinski definition) is 1. The van der Waals surface area contributed by atoms with Crippen LogP contribution in [-0.4, -0.2) is 25.8 Å². The molecule has 17 heavy (non-hydrogen) atoms. The maximum absolute atomic E-state index is 13.6. The van der Waals surface area contributed by atoms with E-state index in [1.807, 2.05) is 0 Å². The van der Waals surface area contributed by atoms with Gasteiger partial charge in [-0.05, 0) is 31.0 Å². The quantitative estimate of drug-likeness (QED) is 0.819. The van der Waals surface area contributed by atoms with Gasteiger partial charge in [-0.3, -0.25) is 0 Å². The Labute approximate surface area is 100 Å². The van der Waals surface area contributed by atoms with Crippen LogP contribution >= 0.6 is 0 Å². The van der Waals surface area contributed by atoms with Crippen LogP contribution in [0.4, 0.5) is 10.1 Å². The lowest BCUT2D eigenvalue weighted by Crippen LogP contribution is -2.36. The summed E-state index contributed by atoms with van der Waals surface area (Å²) in [6.07, 6.45) is 2.68. The third-order valence-electron chi connectivity index (χ3n) is 2.89. The fourth-order valence-electron chi connectivity index (χ4n) is 1.97. The average Bonchev–Trinajstić information content (AvgIpc) is 2.29. The van der Waals surface area contributed by atoms with Crippen molar-refractivity contribution in [2.45, 2.75) is 24.2 Å². The second kappa shape index (κ2) is 4.62. The first-order valence-electron chi connectivity index (χ1n) is 5.57. The van der Waals surface area contributed by atoms with Crippen LogP contribution in [0.5, 0.6) is 0 Å². The van der Waals surface area contributed by atoms with Crippen LogP contribution in [-0.2, 0) is 10.0 Å². The summed E-state index contributed by atoms with van der Waals surface area (Å²) in [4.78, 5) is -0.284. The summed E-state index contributed by atoms with van der Waals surface area (Å²) in [6.45, 7) is 0.929. The third-order valence-corrected chi connectivity index (χ3v) is 4.82. The molecule has 1 aromatic carbocycles. The Balaban J connectivity index is 2.37. The average molecular weight is 258 g/mol. The lowest BCUT2D eigenvalue weighted by atomic mass is 10.2. The number of benzene rings is 1. The van der Waals surface area contributed by atoms with Crippen molar-refractivity contribution in [2.24, 2.45) is 0 Å². The highest BCUT2D eigenvalue weighted by molar-refractivity contribution is 7.89. The zero-order valence-electron chi connectivity index (χ0n) is 9.39. The van der Waals surface area contributed by atoms with Crippen molar-refractivity contribution in [3.63, 3.8) is 0 Å². The molecule has 0 atom stereocenters. The smallest absolute Gasteiger partial charge is 0.245 e. The van der Waals surface area contributed by atoms with Gasteiger partial charge in [-0.15, -0.1) is 0 Å². The second-order valence-electron chi connectivity index (χ2n) is 4.15. The topological polar surface area (TPSA) is 63.4 Å². The third kappa shape index (κ3) is 2.42. The fourth-order valence-corrected chi connectivity index (χ4v) is 3.53. The first-order chi connectivity index (χ1) is 8.01. The summed E-state index contributed by atoms with van der Waals surface area (Å²) in [5, 5.41) is 0. The highest BCUT2D eigenvalue weighted by Gasteiger charge is 2.28. The van der Waals surface area contributed by atoms with Crippen LogP contribution in [0.1, 0.15) is 19.3 Å². The number of piperidine rings is 1. The molecular formula is C11H15FN2O2S. The lowest BCUT2D eigenvalue weighted by Gasteiger charge is -2.26. The van der Waals surface area contributed by atoms with Crippen molar-refractivity contribution < 1.29 is 12.8 Å².